The molecule has 0 radical (unpaired) electrons. The molecule has 10 nitrogen and oxygen atoms in total. The van der Waals surface area contributed by atoms with E-state index >= 15 is 0 Å². The molecular formula is C20H22N8O2. The number of aryl methyl sites for hydroxylation is 2. The summed E-state index contributed by atoms with van der Waals surface area (Å²) in [6, 6.07) is 5.07. The molecule has 1 unspecified atom stereocenters. The van der Waals surface area contributed by atoms with Crippen LogP contribution in [0.4, 0.5) is 0 Å². The fraction of sp³-hybridized carbons (Fsp3) is 0.350. The standard InChI is InChI=1S/C20H22N8O2/c1-11(2)17(19-25-18(27-30-19)14-5-7-21-8-6-14)24-16(29)10-15-23-20-22-12(3)9-13(4)28(20)26-15/h5-9,11,17H,10H2,1-4H3,(H,24,29). The third kappa shape index (κ3) is 4.02. The molecule has 0 aromatic carbocycles. The van der Waals surface area contributed by atoms with E-state index in [4.69, 9.17) is 4.52 Å². The second-order valence-electron chi connectivity index (χ2n) is 7.44. The molecule has 1 atom stereocenters. The Bertz CT molecular complexity index is 1180. The van der Waals surface area contributed by atoms with Crippen LogP contribution in [-0.4, -0.2) is 40.6 Å². The van der Waals surface area contributed by atoms with Gasteiger partial charge >= 0.3 is 0 Å². The molecule has 30 heavy (non-hydrogen) atoms. The SMILES string of the molecule is Cc1cc(C)n2nc(CC(=O)NC(c3nc(-c4ccncc4)no3)C(C)C)nc2n1. The maximum absolute atomic E-state index is 12.7. The van der Waals surface area contributed by atoms with Gasteiger partial charge in [-0.3, -0.25) is 9.78 Å². The number of aromatic nitrogens is 7. The number of pyridine rings is 1. The van der Waals surface area contributed by atoms with Gasteiger partial charge in [-0.05, 0) is 38.0 Å². The Hall–Kier alpha value is -3.69. The van der Waals surface area contributed by atoms with Crippen molar-refractivity contribution in [2.24, 2.45) is 5.92 Å². The summed E-state index contributed by atoms with van der Waals surface area (Å²) >= 11 is 0. The van der Waals surface area contributed by atoms with Crippen molar-refractivity contribution in [2.45, 2.75) is 40.2 Å². The fourth-order valence-electron chi connectivity index (χ4n) is 3.14. The highest BCUT2D eigenvalue weighted by atomic mass is 16.5. The van der Waals surface area contributed by atoms with Gasteiger partial charge in [-0.25, -0.2) is 9.50 Å². The Morgan fingerprint density at radius 1 is 1.17 bits per heavy atom. The van der Waals surface area contributed by atoms with Crippen molar-refractivity contribution in [2.75, 3.05) is 0 Å². The highest BCUT2D eigenvalue weighted by molar-refractivity contribution is 5.78. The van der Waals surface area contributed by atoms with Crippen LogP contribution in [0.2, 0.25) is 0 Å². The summed E-state index contributed by atoms with van der Waals surface area (Å²) in [6.45, 7) is 7.76. The van der Waals surface area contributed by atoms with E-state index in [1.165, 1.54) is 0 Å². The lowest BCUT2D eigenvalue weighted by molar-refractivity contribution is -0.121. The lowest BCUT2D eigenvalue weighted by atomic mass is 10.0. The molecule has 0 aliphatic carbocycles. The summed E-state index contributed by atoms with van der Waals surface area (Å²) in [6.07, 6.45) is 3.34. The number of hydrogen-bond donors (Lipinski definition) is 1. The van der Waals surface area contributed by atoms with Crippen LogP contribution < -0.4 is 5.32 Å². The first kappa shape index (κ1) is 19.6. The molecule has 0 saturated heterocycles. The third-order valence-electron chi connectivity index (χ3n) is 4.61. The van der Waals surface area contributed by atoms with Gasteiger partial charge in [0.1, 0.15) is 6.04 Å². The van der Waals surface area contributed by atoms with Gasteiger partial charge in [-0.2, -0.15) is 9.97 Å². The van der Waals surface area contributed by atoms with Gasteiger partial charge in [0.25, 0.3) is 5.78 Å². The van der Waals surface area contributed by atoms with Crippen LogP contribution in [0.3, 0.4) is 0 Å². The molecule has 10 heteroatoms. The van der Waals surface area contributed by atoms with Crippen molar-refractivity contribution in [3.63, 3.8) is 0 Å². The molecule has 4 heterocycles. The van der Waals surface area contributed by atoms with Crippen molar-refractivity contribution < 1.29 is 9.32 Å². The summed E-state index contributed by atoms with van der Waals surface area (Å²) in [5.74, 6) is 1.49. The van der Waals surface area contributed by atoms with Crippen molar-refractivity contribution >= 4 is 11.7 Å². The van der Waals surface area contributed by atoms with Gasteiger partial charge in [-0.15, -0.1) is 5.10 Å². The number of amides is 1. The Kier molecular flexibility index (Phi) is 5.21. The smallest absolute Gasteiger partial charge is 0.252 e. The zero-order valence-corrected chi connectivity index (χ0v) is 17.2. The number of nitrogens with one attached hydrogen (secondary N) is 1. The minimum atomic E-state index is -0.431. The topological polar surface area (TPSA) is 124 Å². The molecule has 0 saturated carbocycles. The van der Waals surface area contributed by atoms with E-state index in [9.17, 15) is 4.79 Å². The van der Waals surface area contributed by atoms with E-state index in [1.54, 1.807) is 29.0 Å². The van der Waals surface area contributed by atoms with Crippen molar-refractivity contribution in [1.29, 1.82) is 0 Å². The monoisotopic (exact) mass is 406 g/mol. The van der Waals surface area contributed by atoms with Crippen LogP contribution in [0.25, 0.3) is 17.2 Å². The van der Waals surface area contributed by atoms with E-state index in [2.05, 4.69) is 35.5 Å². The normalized spacial score (nSPS) is 12.4. The van der Waals surface area contributed by atoms with Crippen LogP contribution >= 0.6 is 0 Å². The quantitative estimate of drug-likeness (QED) is 0.517. The highest BCUT2D eigenvalue weighted by Crippen LogP contribution is 2.23. The van der Waals surface area contributed by atoms with E-state index in [-0.39, 0.29) is 18.2 Å². The Labute approximate surface area is 172 Å². The average molecular weight is 406 g/mol. The van der Waals surface area contributed by atoms with E-state index in [0.29, 0.717) is 23.3 Å². The van der Waals surface area contributed by atoms with Crippen LogP contribution in [0, 0.1) is 19.8 Å². The van der Waals surface area contributed by atoms with Crippen LogP contribution in [0.15, 0.2) is 35.1 Å². The molecular weight excluding hydrogens is 384 g/mol. The molecule has 4 rings (SSSR count). The van der Waals surface area contributed by atoms with Gasteiger partial charge in [0.05, 0.1) is 6.42 Å². The maximum atomic E-state index is 12.7. The fourth-order valence-corrected chi connectivity index (χ4v) is 3.14. The predicted molar refractivity (Wildman–Crippen MR) is 107 cm³/mol. The number of hydrogen-bond acceptors (Lipinski definition) is 8. The zero-order valence-electron chi connectivity index (χ0n) is 17.2. The lowest BCUT2D eigenvalue weighted by Gasteiger charge is -2.18. The minimum Gasteiger partial charge on any atom is -0.344 e. The molecule has 1 amide bonds. The summed E-state index contributed by atoms with van der Waals surface area (Å²) < 4.78 is 7.06. The molecule has 1 N–H and O–H groups in total. The summed E-state index contributed by atoms with van der Waals surface area (Å²) in [5.41, 5.74) is 2.55. The lowest BCUT2D eigenvalue weighted by Crippen LogP contribution is -2.33. The van der Waals surface area contributed by atoms with Gasteiger partial charge < -0.3 is 9.84 Å². The number of carbonyl (C=O) groups excluding carboxylic acids is 1. The maximum Gasteiger partial charge on any atom is 0.252 e. The average Bonchev–Trinajstić information content (AvgIpc) is 3.34. The van der Waals surface area contributed by atoms with Crippen molar-refractivity contribution in [3.05, 3.63) is 53.7 Å². The molecule has 0 aliphatic rings. The first-order valence-electron chi connectivity index (χ1n) is 9.64. The van der Waals surface area contributed by atoms with Crippen molar-refractivity contribution in [3.8, 4) is 11.4 Å². The summed E-state index contributed by atoms with van der Waals surface area (Å²) in [5, 5.41) is 11.4. The molecule has 0 aliphatic heterocycles. The first-order chi connectivity index (χ1) is 14.4. The minimum absolute atomic E-state index is 0.0242. The molecule has 0 spiro atoms. The summed E-state index contributed by atoms with van der Waals surface area (Å²) in [4.78, 5) is 29.8. The Morgan fingerprint density at radius 2 is 1.93 bits per heavy atom. The van der Waals surface area contributed by atoms with Gasteiger partial charge in [0.2, 0.25) is 17.6 Å². The van der Waals surface area contributed by atoms with Gasteiger partial charge in [0.15, 0.2) is 5.82 Å². The Morgan fingerprint density at radius 3 is 2.67 bits per heavy atom. The zero-order chi connectivity index (χ0) is 21.3. The van der Waals surface area contributed by atoms with Gasteiger partial charge in [-0.1, -0.05) is 19.0 Å². The van der Waals surface area contributed by atoms with E-state index < -0.39 is 6.04 Å². The molecule has 154 valence electrons. The molecule has 4 aromatic rings. The first-order valence-corrected chi connectivity index (χ1v) is 9.64. The number of rotatable bonds is 6. The summed E-state index contributed by atoms with van der Waals surface area (Å²) in [7, 11) is 0. The van der Waals surface area contributed by atoms with E-state index in [1.807, 2.05) is 33.8 Å². The highest BCUT2D eigenvalue weighted by Gasteiger charge is 2.25. The number of nitrogens with zero attached hydrogens (tertiary/aromatic N) is 7. The molecule has 4 aromatic heterocycles. The number of carbonyl (C=O) groups is 1. The van der Waals surface area contributed by atoms with Crippen LogP contribution in [0.5, 0.6) is 0 Å². The van der Waals surface area contributed by atoms with Gasteiger partial charge in [0, 0.05) is 29.3 Å². The number of fused-ring (bicyclic) bond motifs is 1. The van der Waals surface area contributed by atoms with Crippen LogP contribution in [0.1, 0.15) is 43.0 Å². The Balaban J connectivity index is 1.50. The molecule has 0 fully saturated rings. The largest absolute Gasteiger partial charge is 0.344 e. The van der Waals surface area contributed by atoms with Crippen molar-refractivity contribution in [1.82, 2.24) is 40.0 Å². The predicted octanol–water partition coefficient (Wildman–Crippen LogP) is 2.24. The molecule has 0 bridgehead atoms. The third-order valence-corrected chi connectivity index (χ3v) is 4.61. The van der Waals surface area contributed by atoms with Crippen LogP contribution in [-0.2, 0) is 11.2 Å². The van der Waals surface area contributed by atoms with E-state index in [0.717, 1.165) is 17.0 Å². The second-order valence-corrected chi connectivity index (χ2v) is 7.44. The second kappa shape index (κ2) is 7.97.